The number of nitrogens with one attached hydrogen (secondary N) is 2. The predicted octanol–water partition coefficient (Wildman–Crippen LogP) is 3.42. The van der Waals surface area contributed by atoms with Gasteiger partial charge in [0, 0.05) is 43.0 Å². The smallest absolute Gasteiger partial charge is 0.250 e. The molecule has 0 aliphatic heterocycles. The van der Waals surface area contributed by atoms with Crippen LogP contribution in [0, 0.1) is 5.92 Å². The van der Waals surface area contributed by atoms with E-state index < -0.39 is 0 Å². The van der Waals surface area contributed by atoms with E-state index in [1.807, 2.05) is 12.1 Å². The number of amides is 1. The van der Waals surface area contributed by atoms with E-state index in [9.17, 15) is 4.79 Å². The lowest BCUT2D eigenvalue weighted by molar-refractivity contribution is -0.119. The number of anilines is 1. The minimum absolute atomic E-state index is 0.0746. The van der Waals surface area contributed by atoms with Crippen LogP contribution in [-0.4, -0.2) is 49.1 Å². The Hall–Kier alpha value is -1.85. The first-order valence-electron chi connectivity index (χ1n) is 9.30. The fraction of sp³-hybridized carbons (Fsp3) is 0.550. The molecule has 2 N–H and O–H groups in total. The lowest BCUT2D eigenvalue weighted by Crippen LogP contribution is -2.29. The summed E-state index contributed by atoms with van der Waals surface area (Å²) < 4.78 is 4.87. The molecule has 1 amide bonds. The first kappa shape index (κ1) is 18.0. The highest BCUT2D eigenvalue weighted by Gasteiger charge is 2.23. The SMILES string of the molecule is CCCN(CCc1c[nH]c2ccc(NC(=O)COC)cc12)CC1CC1. The van der Waals surface area contributed by atoms with Crippen LogP contribution in [0.1, 0.15) is 31.7 Å². The van der Waals surface area contributed by atoms with E-state index in [0.29, 0.717) is 0 Å². The normalized spacial score (nSPS) is 14.4. The quantitative estimate of drug-likeness (QED) is 0.695. The molecule has 2 aromatic rings. The molecule has 0 unspecified atom stereocenters. The van der Waals surface area contributed by atoms with E-state index >= 15 is 0 Å². The molecule has 25 heavy (non-hydrogen) atoms. The van der Waals surface area contributed by atoms with Crippen molar-refractivity contribution in [2.24, 2.45) is 5.92 Å². The van der Waals surface area contributed by atoms with Gasteiger partial charge in [-0.3, -0.25) is 4.79 Å². The number of fused-ring (bicyclic) bond motifs is 1. The fourth-order valence-corrected chi connectivity index (χ4v) is 3.35. The zero-order chi connectivity index (χ0) is 17.6. The summed E-state index contributed by atoms with van der Waals surface area (Å²) in [4.78, 5) is 17.7. The number of aromatic nitrogens is 1. The number of carbonyl (C=O) groups is 1. The first-order valence-corrected chi connectivity index (χ1v) is 9.30. The van der Waals surface area contributed by atoms with E-state index in [1.54, 1.807) is 0 Å². The lowest BCUT2D eigenvalue weighted by atomic mass is 10.1. The molecule has 0 radical (unpaired) electrons. The molecule has 1 aliphatic carbocycles. The summed E-state index contributed by atoms with van der Waals surface area (Å²) in [5.41, 5.74) is 3.25. The minimum Gasteiger partial charge on any atom is -0.375 e. The molecule has 0 saturated heterocycles. The molecule has 1 aliphatic rings. The van der Waals surface area contributed by atoms with E-state index in [2.05, 4.69) is 34.4 Å². The zero-order valence-corrected chi connectivity index (χ0v) is 15.3. The Balaban J connectivity index is 1.66. The van der Waals surface area contributed by atoms with Crippen molar-refractivity contribution in [3.8, 4) is 0 Å². The summed E-state index contributed by atoms with van der Waals surface area (Å²) in [5, 5.41) is 4.08. The number of aromatic amines is 1. The highest BCUT2D eigenvalue weighted by Crippen LogP contribution is 2.30. The first-order chi connectivity index (χ1) is 12.2. The van der Waals surface area contributed by atoms with E-state index in [0.717, 1.165) is 30.1 Å². The van der Waals surface area contributed by atoms with Crippen LogP contribution in [0.15, 0.2) is 24.4 Å². The van der Waals surface area contributed by atoms with Crippen molar-refractivity contribution in [2.75, 3.05) is 38.7 Å². The summed E-state index contributed by atoms with van der Waals surface area (Å²) >= 11 is 0. The van der Waals surface area contributed by atoms with E-state index in [1.165, 1.54) is 50.4 Å². The second-order valence-corrected chi connectivity index (χ2v) is 7.05. The van der Waals surface area contributed by atoms with Gasteiger partial charge in [-0.15, -0.1) is 0 Å². The number of nitrogens with zero attached hydrogens (tertiary/aromatic N) is 1. The Kier molecular flexibility index (Phi) is 6.10. The summed E-state index contributed by atoms with van der Waals surface area (Å²) in [6.45, 7) is 5.84. The Morgan fingerprint density at radius 2 is 2.20 bits per heavy atom. The van der Waals surface area contributed by atoms with Gasteiger partial charge in [0.05, 0.1) is 0 Å². The molecule has 1 saturated carbocycles. The minimum atomic E-state index is -0.127. The molecule has 1 aromatic heterocycles. The van der Waals surface area contributed by atoms with Crippen molar-refractivity contribution in [1.29, 1.82) is 0 Å². The third-order valence-electron chi connectivity index (χ3n) is 4.78. The van der Waals surface area contributed by atoms with Gasteiger partial charge in [0.15, 0.2) is 0 Å². The van der Waals surface area contributed by atoms with Crippen molar-refractivity contribution >= 4 is 22.5 Å². The van der Waals surface area contributed by atoms with Crippen LogP contribution < -0.4 is 5.32 Å². The Bertz CT molecular complexity index is 706. The lowest BCUT2D eigenvalue weighted by Gasteiger charge is -2.21. The highest BCUT2D eigenvalue weighted by molar-refractivity contribution is 5.95. The summed E-state index contributed by atoms with van der Waals surface area (Å²) in [6.07, 6.45) is 7.14. The third-order valence-corrected chi connectivity index (χ3v) is 4.78. The molecule has 136 valence electrons. The monoisotopic (exact) mass is 343 g/mol. The van der Waals surface area contributed by atoms with Crippen LogP contribution in [-0.2, 0) is 16.0 Å². The van der Waals surface area contributed by atoms with Gasteiger partial charge in [-0.25, -0.2) is 0 Å². The number of hydrogen-bond donors (Lipinski definition) is 2. The second kappa shape index (κ2) is 8.50. The van der Waals surface area contributed by atoms with Gasteiger partial charge in [0.1, 0.15) is 6.61 Å². The number of ether oxygens (including phenoxy) is 1. The summed E-state index contributed by atoms with van der Waals surface area (Å²) in [7, 11) is 1.52. The Morgan fingerprint density at radius 3 is 2.92 bits per heavy atom. The van der Waals surface area contributed by atoms with E-state index in [-0.39, 0.29) is 12.5 Å². The summed E-state index contributed by atoms with van der Waals surface area (Å²) in [6, 6.07) is 6.00. The molecular formula is C20H29N3O2. The summed E-state index contributed by atoms with van der Waals surface area (Å²) in [5.74, 6) is 0.801. The maximum atomic E-state index is 11.7. The number of hydrogen-bond acceptors (Lipinski definition) is 3. The number of carbonyl (C=O) groups excluding carboxylic acids is 1. The standard InChI is InChI=1S/C20H29N3O2/c1-3-9-23(13-15-4-5-15)10-8-16-12-21-19-7-6-17(11-18(16)19)22-20(24)14-25-2/h6-7,11-12,15,21H,3-5,8-10,13-14H2,1-2H3,(H,22,24). The molecule has 3 rings (SSSR count). The molecule has 1 fully saturated rings. The molecule has 0 spiro atoms. The van der Waals surface area contributed by atoms with Crippen molar-refractivity contribution in [1.82, 2.24) is 9.88 Å². The number of rotatable bonds is 10. The zero-order valence-electron chi connectivity index (χ0n) is 15.3. The van der Waals surface area contributed by atoms with Gasteiger partial charge >= 0.3 is 0 Å². The molecule has 1 heterocycles. The van der Waals surface area contributed by atoms with Crippen LogP contribution in [0.5, 0.6) is 0 Å². The van der Waals surface area contributed by atoms with Gasteiger partial charge in [0.2, 0.25) is 5.91 Å². The highest BCUT2D eigenvalue weighted by atomic mass is 16.5. The Labute approximate surface area is 149 Å². The van der Waals surface area contributed by atoms with Crippen molar-refractivity contribution in [3.63, 3.8) is 0 Å². The van der Waals surface area contributed by atoms with Crippen LogP contribution in [0.4, 0.5) is 5.69 Å². The molecular weight excluding hydrogens is 314 g/mol. The molecule has 5 heteroatoms. The van der Waals surface area contributed by atoms with Gasteiger partial charge in [0.25, 0.3) is 0 Å². The number of benzene rings is 1. The largest absolute Gasteiger partial charge is 0.375 e. The molecule has 5 nitrogen and oxygen atoms in total. The third kappa shape index (κ3) is 5.06. The van der Waals surface area contributed by atoms with Crippen molar-refractivity contribution in [2.45, 2.75) is 32.6 Å². The average molecular weight is 343 g/mol. The van der Waals surface area contributed by atoms with Gasteiger partial charge in [-0.2, -0.15) is 0 Å². The molecule has 1 aromatic carbocycles. The number of H-pyrrole nitrogens is 1. The second-order valence-electron chi connectivity index (χ2n) is 7.05. The van der Waals surface area contributed by atoms with Crippen LogP contribution in [0.2, 0.25) is 0 Å². The number of methoxy groups -OCH3 is 1. The topological polar surface area (TPSA) is 57.4 Å². The van der Waals surface area contributed by atoms with Gasteiger partial charge in [-0.1, -0.05) is 6.92 Å². The van der Waals surface area contributed by atoms with E-state index in [4.69, 9.17) is 4.74 Å². The van der Waals surface area contributed by atoms with Crippen LogP contribution >= 0.6 is 0 Å². The predicted molar refractivity (Wildman–Crippen MR) is 102 cm³/mol. The van der Waals surface area contributed by atoms with Crippen LogP contribution in [0.3, 0.4) is 0 Å². The maximum Gasteiger partial charge on any atom is 0.250 e. The maximum absolute atomic E-state index is 11.7. The van der Waals surface area contributed by atoms with Gasteiger partial charge in [-0.05, 0) is 61.9 Å². The fourth-order valence-electron chi connectivity index (χ4n) is 3.35. The molecule has 0 bridgehead atoms. The van der Waals surface area contributed by atoms with Crippen molar-refractivity contribution < 1.29 is 9.53 Å². The molecule has 0 atom stereocenters. The average Bonchev–Trinajstić information content (AvgIpc) is 3.31. The van der Waals surface area contributed by atoms with Gasteiger partial charge < -0.3 is 19.9 Å². The van der Waals surface area contributed by atoms with Crippen LogP contribution in [0.25, 0.3) is 10.9 Å². The van der Waals surface area contributed by atoms with Crippen molar-refractivity contribution in [3.05, 3.63) is 30.0 Å². The Morgan fingerprint density at radius 1 is 1.36 bits per heavy atom.